The fourth-order valence-electron chi connectivity index (χ4n) is 2.01. The molecule has 0 aliphatic heterocycles. The zero-order chi connectivity index (χ0) is 14.9. The van der Waals surface area contributed by atoms with E-state index in [9.17, 15) is 4.79 Å². The van der Waals surface area contributed by atoms with Crippen LogP contribution in [0.4, 0.5) is 0 Å². The third-order valence-corrected chi connectivity index (χ3v) is 4.08. The van der Waals surface area contributed by atoms with Crippen LogP contribution in [-0.4, -0.2) is 17.6 Å². The Kier molecular flexibility index (Phi) is 4.21. The first kappa shape index (κ1) is 15.1. The van der Waals surface area contributed by atoms with Gasteiger partial charge in [-0.3, -0.25) is 0 Å². The minimum Gasteiger partial charge on any atom is -0.460 e. The average molecular weight is 279 g/mol. The topological polar surface area (TPSA) is 52.3 Å². The summed E-state index contributed by atoms with van der Waals surface area (Å²) < 4.78 is 10.8. The second-order valence-corrected chi connectivity index (χ2v) is 6.79. The zero-order valence-electron chi connectivity index (χ0n) is 13.2. The van der Waals surface area contributed by atoms with E-state index in [2.05, 4.69) is 32.7 Å². The molecule has 1 saturated carbocycles. The molecule has 20 heavy (non-hydrogen) atoms. The van der Waals surface area contributed by atoms with Crippen molar-refractivity contribution in [2.24, 2.45) is 11.3 Å². The maximum atomic E-state index is 11.9. The second-order valence-electron chi connectivity index (χ2n) is 6.79. The van der Waals surface area contributed by atoms with Gasteiger partial charge in [0, 0.05) is 12.3 Å². The van der Waals surface area contributed by atoms with E-state index in [4.69, 9.17) is 9.15 Å². The van der Waals surface area contributed by atoms with Gasteiger partial charge in [-0.15, -0.1) is 0 Å². The van der Waals surface area contributed by atoms with Crippen molar-refractivity contribution in [3.63, 3.8) is 0 Å². The largest absolute Gasteiger partial charge is 0.460 e. The fraction of sp³-hybridized carbons (Fsp3) is 0.750. The standard InChI is InChI=1S/C16H25NO3/c1-6-19-15(18)14-13(11-7-8-11)17-12(20-14)9-10(2)16(3,4)5/h10-11H,6-9H2,1-5H3. The van der Waals surface area contributed by atoms with Crippen molar-refractivity contribution in [3.05, 3.63) is 17.3 Å². The molecule has 1 aliphatic carbocycles. The number of esters is 1. The Morgan fingerprint density at radius 1 is 1.45 bits per heavy atom. The number of aromatic nitrogens is 1. The third kappa shape index (κ3) is 3.41. The van der Waals surface area contributed by atoms with Crippen molar-refractivity contribution < 1.29 is 13.9 Å². The van der Waals surface area contributed by atoms with E-state index in [1.165, 1.54) is 0 Å². The van der Waals surface area contributed by atoms with Gasteiger partial charge in [0.2, 0.25) is 5.76 Å². The summed E-state index contributed by atoms with van der Waals surface area (Å²) in [5.41, 5.74) is 0.998. The molecule has 1 heterocycles. The summed E-state index contributed by atoms with van der Waals surface area (Å²) in [6.07, 6.45) is 2.93. The Balaban J connectivity index is 2.19. The number of rotatable bonds is 5. The summed E-state index contributed by atoms with van der Waals surface area (Å²) in [7, 11) is 0. The summed E-state index contributed by atoms with van der Waals surface area (Å²) in [6.45, 7) is 11.0. The normalized spacial score (nSPS) is 17.1. The number of hydrogen-bond acceptors (Lipinski definition) is 4. The summed E-state index contributed by atoms with van der Waals surface area (Å²) in [4.78, 5) is 16.5. The van der Waals surface area contributed by atoms with Crippen LogP contribution < -0.4 is 0 Å². The molecule has 1 unspecified atom stereocenters. The Morgan fingerprint density at radius 2 is 2.10 bits per heavy atom. The number of oxazole rings is 1. The van der Waals surface area contributed by atoms with Gasteiger partial charge in [0.05, 0.1) is 12.3 Å². The van der Waals surface area contributed by atoms with Crippen molar-refractivity contribution in [2.45, 2.75) is 59.8 Å². The lowest BCUT2D eigenvalue weighted by Gasteiger charge is -2.25. The summed E-state index contributed by atoms with van der Waals surface area (Å²) in [5, 5.41) is 0. The highest BCUT2D eigenvalue weighted by Crippen LogP contribution is 2.42. The van der Waals surface area contributed by atoms with Gasteiger partial charge in [-0.2, -0.15) is 0 Å². The molecule has 2 rings (SSSR count). The molecule has 112 valence electrons. The molecule has 4 heteroatoms. The Morgan fingerprint density at radius 3 is 2.60 bits per heavy atom. The number of ether oxygens (including phenoxy) is 1. The van der Waals surface area contributed by atoms with Gasteiger partial charge in [-0.1, -0.05) is 27.7 Å². The molecule has 0 bridgehead atoms. The van der Waals surface area contributed by atoms with E-state index >= 15 is 0 Å². The van der Waals surface area contributed by atoms with Crippen LogP contribution in [0.5, 0.6) is 0 Å². The molecule has 1 aromatic heterocycles. The van der Waals surface area contributed by atoms with Crippen LogP contribution in [0, 0.1) is 11.3 Å². The number of nitrogens with zero attached hydrogens (tertiary/aromatic N) is 1. The monoisotopic (exact) mass is 279 g/mol. The van der Waals surface area contributed by atoms with Crippen molar-refractivity contribution in [3.8, 4) is 0 Å². The summed E-state index contributed by atoms with van der Waals surface area (Å²) in [5.74, 6) is 1.43. The predicted octanol–water partition coefficient (Wildman–Crippen LogP) is 3.95. The van der Waals surface area contributed by atoms with Crippen LogP contribution in [0.3, 0.4) is 0 Å². The van der Waals surface area contributed by atoms with Gasteiger partial charge in [-0.25, -0.2) is 9.78 Å². The van der Waals surface area contributed by atoms with E-state index in [0.29, 0.717) is 30.1 Å². The van der Waals surface area contributed by atoms with Crippen molar-refractivity contribution >= 4 is 5.97 Å². The zero-order valence-corrected chi connectivity index (χ0v) is 13.2. The molecular formula is C16H25NO3. The molecule has 0 aromatic carbocycles. The lowest BCUT2D eigenvalue weighted by molar-refractivity contribution is 0.0485. The van der Waals surface area contributed by atoms with Gasteiger partial charge in [0.1, 0.15) is 0 Å². The van der Waals surface area contributed by atoms with E-state index < -0.39 is 0 Å². The van der Waals surface area contributed by atoms with Gasteiger partial charge in [-0.05, 0) is 31.1 Å². The first-order chi connectivity index (χ1) is 9.32. The lowest BCUT2D eigenvalue weighted by Crippen LogP contribution is -2.19. The quantitative estimate of drug-likeness (QED) is 0.766. The SMILES string of the molecule is CCOC(=O)c1oc(CC(C)C(C)(C)C)nc1C1CC1. The first-order valence-corrected chi connectivity index (χ1v) is 7.49. The minimum atomic E-state index is -0.378. The molecule has 0 amide bonds. The highest BCUT2D eigenvalue weighted by Gasteiger charge is 2.34. The predicted molar refractivity (Wildman–Crippen MR) is 76.8 cm³/mol. The van der Waals surface area contributed by atoms with Crippen LogP contribution in [-0.2, 0) is 11.2 Å². The Labute approximate surface area is 120 Å². The molecular weight excluding hydrogens is 254 g/mol. The van der Waals surface area contributed by atoms with E-state index in [1.807, 2.05) is 0 Å². The molecule has 0 radical (unpaired) electrons. The first-order valence-electron chi connectivity index (χ1n) is 7.49. The molecule has 1 aromatic rings. The van der Waals surface area contributed by atoms with Gasteiger partial charge >= 0.3 is 5.97 Å². The molecule has 1 aliphatic rings. The molecule has 0 N–H and O–H groups in total. The van der Waals surface area contributed by atoms with Crippen molar-refractivity contribution in [2.75, 3.05) is 6.61 Å². The van der Waals surface area contributed by atoms with E-state index in [0.717, 1.165) is 25.0 Å². The molecule has 0 spiro atoms. The molecule has 0 saturated heterocycles. The van der Waals surface area contributed by atoms with Gasteiger partial charge in [0.15, 0.2) is 5.89 Å². The lowest BCUT2D eigenvalue weighted by atomic mass is 9.80. The third-order valence-electron chi connectivity index (χ3n) is 4.08. The fourth-order valence-corrected chi connectivity index (χ4v) is 2.01. The van der Waals surface area contributed by atoms with Crippen molar-refractivity contribution in [1.82, 2.24) is 4.98 Å². The van der Waals surface area contributed by atoms with Gasteiger partial charge in [0.25, 0.3) is 0 Å². The highest BCUT2D eigenvalue weighted by atomic mass is 16.5. The number of carbonyl (C=O) groups excluding carboxylic acids is 1. The van der Waals surface area contributed by atoms with E-state index in [-0.39, 0.29) is 11.4 Å². The number of carbonyl (C=O) groups is 1. The highest BCUT2D eigenvalue weighted by molar-refractivity contribution is 5.87. The average Bonchev–Trinajstić information content (AvgIpc) is 3.10. The molecule has 4 nitrogen and oxygen atoms in total. The van der Waals surface area contributed by atoms with Crippen LogP contribution in [0.15, 0.2) is 4.42 Å². The summed E-state index contributed by atoms with van der Waals surface area (Å²) in [6, 6.07) is 0. The molecule has 1 fully saturated rings. The van der Waals surface area contributed by atoms with Crippen molar-refractivity contribution in [1.29, 1.82) is 0 Å². The Hall–Kier alpha value is -1.32. The van der Waals surface area contributed by atoms with E-state index in [1.54, 1.807) is 6.92 Å². The Bertz CT molecular complexity index is 480. The maximum Gasteiger partial charge on any atom is 0.376 e. The second kappa shape index (κ2) is 5.58. The van der Waals surface area contributed by atoms with Crippen LogP contribution in [0.2, 0.25) is 0 Å². The minimum absolute atomic E-state index is 0.193. The molecule has 1 atom stereocenters. The smallest absolute Gasteiger partial charge is 0.376 e. The maximum absolute atomic E-state index is 11.9. The number of hydrogen-bond donors (Lipinski definition) is 0. The van der Waals surface area contributed by atoms with Crippen LogP contribution >= 0.6 is 0 Å². The van der Waals surface area contributed by atoms with Gasteiger partial charge < -0.3 is 9.15 Å². The summed E-state index contributed by atoms with van der Waals surface area (Å²) >= 11 is 0. The van der Waals surface area contributed by atoms with Crippen LogP contribution in [0.25, 0.3) is 0 Å². The van der Waals surface area contributed by atoms with Crippen LogP contribution in [0.1, 0.15) is 75.5 Å².